The van der Waals surface area contributed by atoms with Gasteiger partial charge in [-0.3, -0.25) is 9.59 Å². The molecule has 2 N–H and O–H groups in total. The van der Waals surface area contributed by atoms with Gasteiger partial charge in [-0.2, -0.15) is 0 Å². The molecule has 2 amide bonds. The number of fused-ring (bicyclic) bond motifs is 5. The SMILES string of the molecule is COC(=O)c1ccc(C2c3[nH]c4ccccc4c3C[C@H]3C(=O)N(CCc4c[nH]c5ccccc45)CC(=O)N23)cc1. The predicted molar refractivity (Wildman–Crippen MR) is 151 cm³/mol. The molecule has 8 heteroatoms. The first-order valence-electron chi connectivity index (χ1n) is 13.5. The van der Waals surface area contributed by atoms with Gasteiger partial charge < -0.3 is 24.5 Å². The van der Waals surface area contributed by atoms with Crippen molar-refractivity contribution in [1.29, 1.82) is 0 Å². The molecule has 0 radical (unpaired) electrons. The van der Waals surface area contributed by atoms with Crippen LogP contribution >= 0.6 is 0 Å². The van der Waals surface area contributed by atoms with E-state index < -0.39 is 18.1 Å². The number of carbonyl (C=O) groups excluding carboxylic acids is 3. The standard InChI is InChI=1S/C32H28N4O4/c1-40-32(39)20-12-10-19(11-13-20)30-29-24(23-7-3-5-9-26(23)34-29)16-27-31(38)35(18-28(37)36(27)30)15-14-21-17-33-25-8-4-2-6-22(21)25/h2-13,17,27,30,33-34H,14-16,18H2,1H3/t27-,30?/m0/s1. The number of nitrogens with one attached hydrogen (secondary N) is 2. The van der Waals surface area contributed by atoms with Crippen LogP contribution in [0.4, 0.5) is 0 Å². The number of piperazine rings is 1. The highest BCUT2D eigenvalue weighted by Gasteiger charge is 2.48. The third kappa shape index (κ3) is 3.78. The van der Waals surface area contributed by atoms with Crippen molar-refractivity contribution in [2.24, 2.45) is 0 Å². The summed E-state index contributed by atoms with van der Waals surface area (Å²) < 4.78 is 4.86. The van der Waals surface area contributed by atoms with E-state index in [0.29, 0.717) is 24.9 Å². The van der Waals surface area contributed by atoms with Crippen LogP contribution in [0, 0.1) is 0 Å². The molecular weight excluding hydrogens is 504 g/mol. The summed E-state index contributed by atoms with van der Waals surface area (Å²) in [7, 11) is 1.35. The van der Waals surface area contributed by atoms with E-state index in [2.05, 4.69) is 22.1 Å². The topological polar surface area (TPSA) is 98.5 Å². The number of nitrogens with zero attached hydrogens (tertiary/aromatic N) is 2. The molecule has 2 atom stereocenters. The van der Waals surface area contributed by atoms with Gasteiger partial charge in [0, 0.05) is 46.7 Å². The summed E-state index contributed by atoms with van der Waals surface area (Å²) in [5, 5.41) is 2.20. The van der Waals surface area contributed by atoms with E-state index in [0.717, 1.165) is 44.2 Å². The summed E-state index contributed by atoms with van der Waals surface area (Å²) in [4.78, 5) is 50.2. The van der Waals surface area contributed by atoms with Crippen LogP contribution in [0.3, 0.4) is 0 Å². The van der Waals surface area contributed by atoms with Crippen molar-refractivity contribution in [3.05, 3.63) is 107 Å². The van der Waals surface area contributed by atoms with Crippen LogP contribution in [0.1, 0.15) is 38.8 Å². The third-order valence-electron chi connectivity index (χ3n) is 8.32. The second kappa shape index (κ2) is 9.41. The quantitative estimate of drug-likeness (QED) is 0.329. The van der Waals surface area contributed by atoms with Crippen LogP contribution in [0.2, 0.25) is 0 Å². The second-order valence-electron chi connectivity index (χ2n) is 10.5. The smallest absolute Gasteiger partial charge is 0.337 e. The Morgan fingerprint density at radius 3 is 2.45 bits per heavy atom. The Hall–Kier alpha value is -4.85. The van der Waals surface area contributed by atoms with Gasteiger partial charge in [0.2, 0.25) is 11.8 Å². The Balaban J connectivity index is 1.25. The lowest BCUT2D eigenvalue weighted by molar-refractivity contribution is -0.158. The molecule has 3 aromatic carbocycles. The Labute approximate surface area is 230 Å². The molecule has 7 rings (SSSR count). The fraction of sp³-hybridized carbons (Fsp3) is 0.219. The molecule has 1 fully saturated rings. The van der Waals surface area contributed by atoms with Crippen molar-refractivity contribution in [3.63, 3.8) is 0 Å². The van der Waals surface area contributed by atoms with Crippen LogP contribution in [-0.4, -0.2) is 63.8 Å². The largest absolute Gasteiger partial charge is 0.465 e. The van der Waals surface area contributed by atoms with E-state index >= 15 is 0 Å². The molecular formula is C32H28N4O4. The van der Waals surface area contributed by atoms with Crippen molar-refractivity contribution in [2.75, 3.05) is 20.2 Å². The van der Waals surface area contributed by atoms with Crippen molar-refractivity contribution in [1.82, 2.24) is 19.8 Å². The van der Waals surface area contributed by atoms with Crippen LogP contribution in [0.25, 0.3) is 21.8 Å². The van der Waals surface area contributed by atoms with Gasteiger partial charge in [0.15, 0.2) is 0 Å². The van der Waals surface area contributed by atoms with E-state index in [1.807, 2.05) is 54.7 Å². The van der Waals surface area contributed by atoms with E-state index in [4.69, 9.17) is 4.74 Å². The van der Waals surface area contributed by atoms with Gasteiger partial charge >= 0.3 is 5.97 Å². The molecule has 1 saturated heterocycles. The Morgan fingerprint density at radius 1 is 0.950 bits per heavy atom. The summed E-state index contributed by atoms with van der Waals surface area (Å²) in [6.45, 7) is 0.500. The molecule has 0 bridgehead atoms. The summed E-state index contributed by atoms with van der Waals surface area (Å²) in [5.74, 6) is -0.545. The second-order valence-corrected chi connectivity index (χ2v) is 10.5. The van der Waals surface area contributed by atoms with Crippen molar-refractivity contribution in [2.45, 2.75) is 24.9 Å². The summed E-state index contributed by atoms with van der Waals surface area (Å²) in [6.07, 6.45) is 3.09. The molecule has 2 aromatic heterocycles. The van der Waals surface area contributed by atoms with E-state index in [9.17, 15) is 14.4 Å². The predicted octanol–water partition coefficient (Wildman–Crippen LogP) is 4.36. The molecule has 200 valence electrons. The number of methoxy groups -OCH3 is 1. The Morgan fingerprint density at radius 2 is 1.68 bits per heavy atom. The van der Waals surface area contributed by atoms with Crippen molar-refractivity contribution >= 4 is 39.6 Å². The molecule has 8 nitrogen and oxygen atoms in total. The number of carbonyl (C=O) groups is 3. The number of hydrogen-bond acceptors (Lipinski definition) is 4. The molecule has 0 spiro atoms. The molecule has 4 heterocycles. The lowest BCUT2D eigenvalue weighted by atomic mass is 9.86. The first-order valence-corrected chi connectivity index (χ1v) is 13.5. The number of H-pyrrole nitrogens is 2. The fourth-order valence-corrected chi connectivity index (χ4v) is 6.37. The minimum atomic E-state index is -0.610. The molecule has 0 saturated carbocycles. The average molecular weight is 533 g/mol. The normalized spacial score (nSPS) is 18.7. The zero-order valence-corrected chi connectivity index (χ0v) is 22.0. The number of esters is 1. The zero-order valence-electron chi connectivity index (χ0n) is 22.0. The number of aromatic amines is 2. The molecule has 1 unspecified atom stereocenters. The number of benzene rings is 3. The number of rotatable bonds is 5. The molecule has 40 heavy (non-hydrogen) atoms. The highest BCUT2D eigenvalue weighted by atomic mass is 16.5. The minimum absolute atomic E-state index is 0.0317. The first kappa shape index (κ1) is 24.2. The van der Waals surface area contributed by atoms with Gasteiger partial charge in [-0.25, -0.2) is 4.79 Å². The number of para-hydroxylation sites is 2. The summed E-state index contributed by atoms with van der Waals surface area (Å²) in [5.41, 5.74) is 6.39. The third-order valence-corrected chi connectivity index (χ3v) is 8.32. The van der Waals surface area contributed by atoms with Crippen molar-refractivity contribution in [3.8, 4) is 0 Å². The maximum atomic E-state index is 14.0. The van der Waals surface area contributed by atoms with Gasteiger partial charge in [-0.1, -0.05) is 48.5 Å². The maximum Gasteiger partial charge on any atom is 0.337 e. The minimum Gasteiger partial charge on any atom is -0.465 e. The van der Waals surface area contributed by atoms with Gasteiger partial charge in [0.25, 0.3) is 0 Å². The van der Waals surface area contributed by atoms with Gasteiger partial charge in [-0.05, 0) is 47.4 Å². The maximum absolute atomic E-state index is 14.0. The summed E-state index contributed by atoms with van der Waals surface area (Å²) >= 11 is 0. The van der Waals surface area contributed by atoms with Crippen LogP contribution in [0.15, 0.2) is 79.0 Å². The first-order chi connectivity index (χ1) is 19.5. The molecule has 5 aromatic rings. The lowest BCUT2D eigenvalue weighted by Crippen LogP contribution is -2.63. The van der Waals surface area contributed by atoms with E-state index in [1.165, 1.54) is 7.11 Å². The highest BCUT2D eigenvalue weighted by molar-refractivity contribution is 5.98. The fourth-order valence-electron chi connectivity index (χ4n) is 6.37. The average Bonchev–Trinajstić information content (AvgIpc) is 3.58. The van der Waals surface area contributed by atoms with Crippen molar-refractivity contribution < 1.29 is 19.1 Å². The van der Waals surface area contributed by atoms with E-state index in [-0.39, 0.29) is 18.4 Å². The Kier molecular flexibility index (Phi) is 5.70. The highest BCUT2D eigenvalue weighted by Crippen LogP contribution is 2.42. The monoisotopic (exact) mass is 532 g/mol. The van der Waals surface area contributed by atoms with Gasteiger partial charge in [0.1, 0.15) is 6.04 Å². The number of amides is 2. The van der Waals surface area contributed by atoms with Gasteiger partial charge in [-0.15, -0.1) is 0 Å². The molecule has 2 aliphatic heterocycles. The zero-order chi connectivity index (χ0) is 27.4. The van der Waals surface area contributed by atoms with Crippen LogP contribution < -0.4 is 0 Å². The van der Waals surface area contributed by atoms with E-state index in [1.54, 1.807) is 21.9 Å². The molecule has 2 aliphatic rings. The lowest BCUT2D eigenvalue weighted by Gasteiger charge is -2.47. The van der Waals surface area contributed by atoms with Crippen LogP contribution in [-0.2, 0) is 27.2 Å². The number of ether oxygens (including phenoxy) is 1. The Bertz CT molecular complexity index is 1780. The number of aromatic nitrogens is 2. The van der Waals surface area contributed by atoms with Gasteiger partial charge in [0.05, 0.1) is 25.3 Å². The molecule has 0 aliphatic carbocycles. The van der Waals surface area contributed by atoms with Crippen LogP contribution in [0.5, 0.6) is 0 Å². The summed E-state index contributed by atoms with van der Waals surface area (Å²) in [6, 6.07) is 22.2. The number of hydrogen-bond donors (Lipinski definition) is 2.